The summed E-state index contributed by atoms with van der Waals surface area (Å²) in [5.41, 5.74) is 0.965. The van der Waals surface area contributed by atoms with Crippen LogP contribution in [0.15, 0.2) is 24.3 Å². The number of imide groups is 1. The molecule has 1 aliphatic rings. The van der Waals surface area contributed by atoms with E-state index in [2.05, 4.69) is 5.32 Å². The fraction of sp³-hybridized carbons (Fsp3) is 0.385. The molecular formula is C13H14ClNO2. The van der Waals surface area contributed by atoms with Gasteiger partial charge in [0.1, 0.15) is 0 Å². The van der Waals surface area contributed by atoms with Gasteiger partial charge >= 0.3 is 0 Å². The Labute approximate surface area is 105 Å². The lowest BCUT2D eigenvalue weighted by Gasteiger charge is -2.29. The number of nitrogens with one attached hydrogen (secondary N) is 1. The number of hydrogen-bond donors (Lipinski definition) is 1. The standard InChI is InChI=1S/C13H14ClNO2/c1-2-10-11(7-12(16)15-13(10)17)8-4-3-5-9(14)6-8/h3-6,10-11H,2,7H2,1H3,(H,15,16,17). The molecule has 90 valence electrons. The van der Waals surface area contributed by atoms with Crippen molar-refractivity contribution in [3.63, 3.8) is 0 Å². The monoisotopic (exact) mass is 251 g/mol. The molecule has 2 unspecified atom stereocenters. The van der Waals surface area contributed by atoms with Gasteiger partial charge in [-0.15, -0.1) is 0 Å². The third kappa shape index (κ3) is 2.50. The summed E-state index contributed by atoms with van der Waals surface area (Å²) in [7, 11) is 0. The molecule has 1 aromatic rings. The molecule has 1 aromatic carbocycles. The van der Waals surface area contributed by atoms with Crippen LogP contribution in [0.25, 0.3) is 0 Å². The van der Waals surface area contributed by atoms with Crippen molar-refractivity contribution in [2.24, 2.45) is 5.92 Å². The molecule has 17 heavy (non-hydrogen) atoms. The molecule has 0 radical (unpaired) electrons. The third-order valence-corrected chi connectivity index (χ3v) is 3.44. The summed E-state index contributed by atoms with van der Waals surface area (Å²) in [6, 6.07) is 7.39. The summed E-state index contributed by atoms with van der Waals surface area (Å²) in [5, 5.41) is 3.02. The number of carbonyl (C=O) groups excluding carboxylic acids is 2. The van der Waals surface area contributed by atoms with Crippen molar-refractivity contribution in [3.8, 4) is 0 Å². The lowest BCUT2D eigenvalue weighted by molar-refractivity contribution is -0.137. The quantitative estimate of drug-likeness (QED) is 0.821. The number of piperidine rings is 1. The first-order valence-electron chi connectivity index (χ1n) is 5.71. The van der Waals surface area contributed by atoms with E-state index in [1.165, 1.54) is 0 Å². The minimum absolute atomic E-state index is 0.0556. The Morgan fingerprint density at radius 2 is 2.18 bits per heavy atom. The van der Waals surface area contributed by atoms with E-state index in [9.17, 15) is 9.59 Å². The molecule has 1 aliphatic heterocycles. The lowest BCUT2D eigenvalue weighted by atomic mass is 9.79. The fourth-order valence-electron chi connectivity index (χ4n) is 2.36. The molecule has 2 atom stereocenters. The molecule has 1 saturated heterocycles. The Kier molecular flexibility index (Phi) is 3.48. The zero-order valence-corrected chi connectivity index (χ0v) is 10.3. The summed E-state index contributed by atoms with van der Waals surface area (Å²) in [4.78, 5) is 23.2. The van der Waals surface area contributed by atoms with Gasteiger partial charge in [-0.2, -0.15) is 0 Å². The van der Waals surface area contributed by atoms with Crippen LogP contribution in [0.2, 0.25) is 5.02 Å². The van der Waals surface area contributed by atoms with Gasteiger partial charge in [0, 0.05) is 23.3 Å². The SMILES string of the molecule is CCC1C(=O)NC(=O)CC1c1cccc(Cl)c1. The van der Waals surface area contributed by atoms with Crippen molar-refractivity contribution in [2.45, 2.75) is 25.7 Å². The Balaban J connectivity index is 2.34. The molecule has 0 spiro atoms. The third-order valence-electron chi connectivity index (χ3n) is 3.21. The van der Waals surface area contributed by atoms with Gasteiger partial charge in [-0.25, -0.2) is 0 Å². The molecule has 1 heterocycles. The van der Waals surface area contributed by atoms with Crippen LogP contribution in [0, 0.1) is 5.92 Å². The van der Waals surface area contributed by atoms with E-state index in [1.54, 1.807) is 6.07 Å². The van der Waals surface area contributed by atoms with Gasteiger partial charge in [0.05, 0.1) is 0 Å². The Bertz CT molecular complexity index is 458. The topological polar surface area (TPSA) is 46.2 Å². The molecule has 2 amide bonds. The Morgan fingerprint density at radius 1 is 1.41 bits per heavy atom. The number of benzene rings is 1. The van der Waals surface area contributed by atoms with E-state index in [1.807, 2.05) is 25.1 Å². The molecule has 3 nitrogen and oxygen atoms in total. The number of rotatable bonds is 2. The van der Waals surface area contributed by atoms with Crippen LogP contribution >= 0.6 is 11.6 Å². The van der Waals surface area contributed by atoms with Gasteiger partial charge < -0.3 is 0 Å². The maximum Gasteiger partial charge on any atom is 0.230 e. The fourth-order valence-corrected chi connectivity index (χ4v) is 2.56. The maximum atomic E-state index is 11.7. The summed E-state index contributed by atoms with van der Waals surface area (Å²) in [6.45, 7) is 1.96. The first-order chi connectivity index (χ1) is 8.11. The van der Waals surface area contributed by atoms with E-state index in [0.29, 0.717) is 11.4 Å². The normalized spacial score (nSPS) is 24.6. The zero-order chi connectivity index (χ0) is 12.4. The minimum atomic E-state index is -0.204. The smallest absolute Gasteiger partial charge is 0.230 e. The molecule has 0 bridgehead atoms. The van der Waals surface area contributed by atoms with Gasteiger partial charge in [-0.1, -0.05) is 30.7 Å². The van der Waals surface area contributed by atoms with Gasteiger partial charge in [-0.05, 0) is 24.1 Å². The van der Waals surface area contributed by atoms with Crippen molar-refractivity contribution in [2.75, 3.05) is 0 Å². The molecule has 1 fully saturated rings. The summed E-state index contributed by atoms with van der Waals surface area (Å²) >= 11 is 5.94. The molecule has 1 N–H and O–H groups in total. The second-order valence-corrected chi connectivity index (χ2v) is 4.73. The first kappa shape index (κ1) is 12.1. The van der Waals surface area contributed by atoms with Gasteiger partial charge in [0.25, 0.3) is 0 Å². The predicted molar refractivity (Wildman–Crippen MR) is 65.7 cm³/mol. The van der Waals surface area contributed by atoms with E-state index in [0.717, 1.165) is 12.0 Å². The van der Waals surface area contributed by atoms with E-state index >= 15 is 0 Å². The maximum absolute atomic E-state index is 11.7. The van der Waals surface area contributed by atoms with Gasteiger partial charge in [0.2, 0.25) is 11.8 Å². The molecule has 0 saturated carbocycles. The Morgan fingerprint density at radius 3 is 2.82 bits per heavy atom. The van der Waals surface area contributed by atoms with Crippen molar-refractivity contribution in [1.29, 1.82) is 0 Å². The lowest BCUT2D eigenvalue weighted by Crippen LogP contribution is -2.44. The van der Waals surface area contributed by atoms with Crippen LogP contribution in [0.4, 0.5) is 0 Å². The second-order valence-electron chi connectivity index (χ2n) is 4.29. The first-order valence-corrected chi connectivity index (χ1v) is 6.08. The van der Waals surface area contributed by atoms with E-state index < -0.39 is 0 Å². The molecular weight excluding hydrogens is 238 g/mol. The number of halogens is 1. The summed E-state index contributed by atoms with van der Waals surface area (Å²) in [6.07, 6.45) is 1.07. The highest BCUT2D eigenvalue weighted by Gasteiger charge is 2.35. The van der Waals surface area contributed by atoms with Gasteiger partial charge in [-0.3, -0.25) is 14.9 Å². The zero-order valence-electron chi connectivity index (χ0n) is 9.57. The van der Waals surface area contributed by atoms with Crippen molar-refractivity contribution >= 4 is 23.4 Å². The summed E-state index contributed by atoms with van der Waals surface area (Å²) < 4.78 is 0. The average molecular weight is 252 g/mol. The van der Waals surface area contributed by atoms with Crippen molar-refractivity contribution in [1.82, 2.24) is 5.32 Å². The number of hydrogen-bond acceptors (Lipinski definition) is 2. The predicted octanol–water partition coefficient (Wildman–Crippen LogP) is 2.50. The van der Waals surface area contributed by atoms with Crippen LogP contribution in [0.5, 0.6) is 0 Å². The van der Waals surface area contributed by atoms with Crippen LogP contribution in [-0.2, 0) is 9.59 Å². The summed E-state index contributed by atoms with van der Waals surface area (Å²) in [5.74, 6) is -0.579. The largest absolute Gasteiger partial charge is 0.296 e. The Hall–Kier alpha value is -1.35. The molecule has 0 aliphatic carbocycles. The number of amides is 2. The molecule has 4 heteroatoms. The van der Waals surface area contributed by atoms with Crippen LogP contribution < -0.4 is 5.32 Å². The van der Waals surface area contributed by atoms with Crippen LogP contribution in [0.3, 0.4) is 0 Å². The van der Waals surface area contributed by atoms with Crippen LogP contribution in [0.1, 0.15) is 31.2 Å². The second kappa shape index (κ2) is 4.88. The highest BCUT2D eigenvalue weighted by atomic mass is 35.5. The van der Waals surface area contributed by atoms with Crippen molar-refractivity contribution < 1.29 is 9.59 Å². The van der Waals surface area contributed by atoms with Gasteiger partial charge in [0.15, 0.2) is 0 Å². The molecule has 0 aromatic heterocycles. The minimum Gasteiger partial charge on any atom is -0.296 e. The van der Waals surface area contributed by atoms with Crippen LogP contribution in [-0.4, -0.2) is 11.8 Å². The average Bonchev–Trinajstić information content (AvgIpc) is 2.28. The number of carbonyl (C=O) groups is 2. The highest BCUT2D eigenvalue weighted by molar-refractivity contribution is 6.30. The molecule has 2 rings (SSSR count). The highest BCUT2D eigenvalue weighted by Crippen LogP contribution is 2.34. The van der Waals surface area contributed by atoms with E-state index in [-0.39, 0.29) is 23.7 Å². The van der Waals surface area contributed by atoms with E-state index in [4.69, 9.17) is 11.6 Å². The van der Waals surface area contributed by atoms with Crippen molar-refractivity contribution in [3.05, 3.63) is 34.9 Å².